The Morgan fingerprint density at radius 1 is 1.11 bits per heavy atom. The van der Waals surface area contributed by atoms with Crippen LogP contribution >= 0.6 is 0 Å². The number of nitrogens with one attached hydrogen (secondary N) is 2. The van der Waals surface area contributed by atoms with Gasteiger partial charge in [0.15, 0.2) is 0 Å². The molecule has 1 aromatic heterocycles. The van der Waals surface area contributed by atoms with Gasteiger partial charge in [0.25, 0.3) is 0 Å². The number of hydrogen-bond acceptors (Lipinski definition) is 5. The molecule has 5 rings (SSSR count). The van der Waals surface area contributed by atoms with Gasteiger partial charge in [0, 0.05) is 49.6 Å². The van der Waals surface area contributed by atoms with Crippen LogP contribution < -0.4 is 10.9 Å². The zero-order valence-corrected chi connectivity index (χ0v) is 15.6. The van der Waals surface area contributed by atoms with Gasteiger partial charge in [-0.1, -0.05) is 47.6 Å². The minimum Gasteiger partial charge on any atom is -0.360 e. The maximum absolute atomic E-state index is 14.3. The summed E-state index contributed by atoms with van der Waals surface area (Å²) in [6.07, 6.45) is 0.806. The van der Waals surface area contributed by atoms with Crippen LogP contribution in [-0.4, -0.2) is 29.7 Å². The second kappa shape index (κ2) is 7.47. The molecule has 1 fully saturated rings. The van der Waals surface area contributed by atoms with Gasteiger partial charge in [-0.15, -0.1) is 0 Å². The van der Waals surface area contributed by atoms with E-state index in [-0.39, 0.29) is 11.9 Å². The topological polar surface area (TPSA) is 53.3 Å². The van der Waals surface area contributed by atoms with Crippen molar-refractivity contribution in [3.8, 4) is 11.3 Å². The maximum atomic E-state index is 14.3. The van der Waals surface area contributed by atoms with Gasteiger partial charge in [-0.3, -0.25) is 10.3 Å². The number of hydrogen-bond donors (Lipinski definition) is 2. The van der Waals surface area contributed by atoms with Crippen molar-refractivity contribution in [2.75, 3.05) is 19.6 Å². The highest BCUT2D eigenvalue weighted by Crippen LogP contribution is 2.33. The molecule has 2 aliphatic heterocycles. The Morgan fingerprint density at radius 2 is 1.93 bits per heavy atom. The van der Waals surface area contributed by atoms with Gasteiger partial charge < -0.3 is 4.52 Å². The van der Waals surface area contributed by atoms with E-state index in [2.05, 4.69) is 45.2 Å². The third-order valence-corrected chi connectivity index (χ3v) is 5.78. The summed E-state index contributed by atoms with van der Waals surface area (Å²) in [5, 5.41) is 4.19. The van der Waals surface area contributed by atoms with Crippen LogP contribution in [0.1, 0.15) is 22.9 Å². The first kappa shape index (κ1) is 17.6. The molecule has 1 saturated heterocycles. The summed E-state index contributed by atoms with van der Waals surface area (Å²) in [6, 6.07) is 17.6. The lowest BCUT2D eigenvalue weighted by atomic mass is 9.93. The highest BCUT2D eigenvalue weighted by Gasteiger charge is 2.32. The third-order valence-electron chi connectivity index (χ3n) is 5.78. The zero-order valence-electron chi connectivity index (χ0n) is 15.6. The van der Waals surface area contributed by atoms with E-state index in [1.165, 1.54) is 11.6 Å². The monoisotopic (exact) mass is 378 g/mol. The first-order chi connectivity index (χ1) is 13.8. The molecule has 0 spiro atoms. The number of aromatic nitrogens is 1. The summed E-state index contributed by atoms with van der Waals surface area (Å²) in [5.74, 6) is 1.08. The fourth-order valence-electron chi connectivity index (χ4n) is 4.34. The van der Waals surface area contributed by atoms with Crippen molar-refractivity contribution in [3.63, 3.8) is 0 Å². The molecule has 2 atom stereocenters. The smallest absolute Gasteiger partial charge is 0.143 e. The summed E-state index contributed by atoms with van der Waals surface area (Å²) in [6.45, 7) is 3.55. The van der Waals surface area contributed by atoms with Crippen LogP contribution in [0.15, 0.2) is 59.1 Å². The number of fused-ring (bicyclic) bond motifs is 1. The Bertz CT molecular complexity index is 958. The van der Waals surface area contributed by atoms with Crippen LogP contribution in [0.3, 0.4) is 0 Å². The minimum absolute atomic E-state index is 0.260. The highest BCUT2D eigenvalue weighted by molar-refractivity contribution is 5.64. The predicted octanol–water partition coefficient (Wildman–Crippen LogP) is 3.30. The summed E-state index contributed by atoms with van der Waals surface area (Å²) in [5.41, 5.74) is 10.2. The average molecular weight is 378 g/mol. The van der Waals surface area contributed by atoms with Crippen molar-refractivity contribution in [1.29, 1.82) is 0 Å². The molecule has 2 unspecified atom stereocenters. The predicted molar refractivity (Wildman–Crippen MR) is 105 cm³/mol. The van der Waals surface area contributed by atoms with Crippen LogP contribution in [-0.2, 0) is 13.0 Å². The van der Waals surface area contributed by atoms with E-state index < -0.39 is 0 Å². The number of benzene rings is 2. The van der Waals surface area contributed by atoms with Crippen molar-refractivity contribution in [2.24, 2.45) is 5.92 Å². The lowest BCUT2D eigenvalue weighted by molar-refractivity contribution is 0.199. The van der Waals surface area contributed by atoms with E-state index in [9.17, 15) is 4.39 Å². The molecule has 144 valence electrons. The molecule has 28 heavy (non-hydrogen) atoms. The molecule has 0 saturated carbocycles. The first-order valence-electron chi connectivity index (χ1n) is 9.77. The Labute approximate surface area is 163 Å². The fourth-order valence-corrected chi connectivity index (χ4v) is 4.34. The van der Waals surface area contributed by atoms with Crippen molar-refractivity contribution < 1.29 is 8.91 Å². The second-order valence-electron chi connectivity index (χ2n) is 7.57. The molecule has 3 aromatic rings. The van der Waals surface area contributed by atoms with Crippen LogP contribution in [0.4, 0.5) is 4.39 Å². The van der Waals surface area contributed by atoms with E-state index in [0.717, 1.165) is 43.9 Å². The van der Waals surface area contributed by atoms with E-state index in [1.807, 2.05) is 12.1 Å². The van der Waals surface area contributed by atoms with Gasteiger partial charge in [0.05, 0.1) is 6.04 Å². The molecule has 2 aromatic carbocycles. The molecule has 2 aliphatic rings. The van der Waals surface area contributed by atoms with E-state index >= 15 is 0 Å². The molecule has 0 amide bonds. The Hall–Kier alpha value is -2.54. The normalized spacial score (nSPS) is 22.3. The summed E-state index contributed by atoms with van der Waals surface area (Å²) in [4.78, 5) is 2.43. The molecule has 6 heteroatoms. The van der Waals surface area contributed by atoms with Crippen LogP contribution in [0, 0.1) is 11.7 Å². The van der Waals surface area contributed by atoms with Crippen LogP contribution in [0.2, 0.25) is 0 Å². The van der Waals surface area contributed by atoms with Crippen LogP contribution in [0.25, 0.3) is 11.3 Å². The van der Waals surface area contributed by atoms with E-state index in [0.29, 0.717) is 17.2 Å². The molecule has 0 bridgehead atoms. The summed E-state index contributed by atoms with van der Waals surface area (Å²) >= 11 is 0. The maximum Gasteiger partial charge on any atom is 0.143 e. The van der Waals surface area contributed by atoms with E-state index in [1.54, 1.807) is 12.1 Å². The lowest BCUT2D eigenvalue weighted by Gasteiger charge is -2.30. The van der Waals surface area contributed by atoms with Gasteiger partial charge in [0.2, 0.25) is 0 Å². The minimum atomic E-state index is -0.260. The van der Waals surface area contributed by atoms with Crippen molar-refractivity contribution in [3.05, 3.63) is 77.3 Å². The molecule has 5 nitrogen and oxygen atoms in total. The average Bonchev–Trinajstić information content (AvgIpc) is 3.36. The van der Waals surface area contributed by atoms with Gasteiger partial charge in [-0.05, 0) is 17.7 Å². The Balaban J connectivity index is 1.35. The molecular formula is C22H23FN4O. The lowest BCUT2D eigenvalue weighted by Crippen LogP contribution is -2.36. The zero-order chi connectivity index (χ0) is 18.9. The van der Waals surface area contributed by atoms with Gasteiger partial charge >= 0.3 is 0 Å². The van der Waals surface area contributed by atoms with Crippen LogP contribution in [0.5, 0.6) is 0 Å². The Kier molecular flexibility index (Phi) is 4.68. The SMILES string of the molecule is Fc1ccccc1-c1noc2c1CN(CC1CNNC1c1ccccc1)CC2. The summed E-state index contributed by atoms with van der Waals surface area (Å²) < 4.78 is 19.8. The molecular weight excluding hydrogens is 355 g/mol. The van der Waals surface area contributed by atoms with Crippen molar-refractivity contribution >= 4 is 0 Å². The first-order valence-corrected chi connectivity index (χ1v) is 9.77. The van der Waals surface area contributed by atoms with E-state index in [4.69, 9.17) is 4.52 Å². The largest absolute Gasteiger partial charge is 0.360 e. The third kappa shape index (κ3) is 3.24. The Morgan fingerprint density at radius 3 is 2.79 bits per heavy atom. The second-order valence-corrected chi connectivity index (χ2v) is 7.57. The fraction of sp³-hybridized carbons (Fsp3) is 0.318. The molecule has 2 N–H and O–H groups in total. The number of rotatable bonds is 4. The highest BCUT2D eigenvalue weighted by atomic mass is 19.1. The van der Waals surface area contributed by atoms with Crippen molar-refractivity contribution in [1.82, 2.24) is 20.9 Å². The van der Waals surface area contributed by atoms with Crippen molar-refractivity contribution in [2.45, 2.75) is 19.0 Å². The standard InChI is InChI=1S/C22H23FN4O/c23-19-9-5-4-8-17(19)22-18-14-27(11-10-20(18)28-26-22)13-16-12-24-25-21(16)15-6-2-1-3-7-15/h1-9,16,21,24-25H,10-14H2. The molecule has 0 radical (unpaired) electrons. The summed E-state index contributed by atoms with van der Waals surface area (Å²) in [7, 11) is 0. The number of halogens is 1. The number of nitrogens with zero attached hydrogens (tertiary/aromatic N) is 2. The molecule has 0 aliphatic carbocycles. The van der Waals surface area contributed by atoms with Gasteiger partial charge in [-0.2, -0.15) is 0 Å². The quantitative estimate of drug-likeness (QED) is 0.730. The van der Waals surface area contributed by atoms with Gasteiger partial charge in [-0.25, -0.2) is 9.82 Å². The number of hydrazine groups is 1. The van der Waals surface area contributed by atoms with Gasteiger partial charge in [0.1, 0.15) is 17.3 Å². The molecule has 3 heterocycles.